The number of carbonyl (C=O) groups is 1. The molecule has 0 bridgehead atoms. The normalized spacial score (nSPS) is 20.0. The van der Waals surface area contributed by atoms with E-state index in [0.29, 0.717) is 23.1 Å². The Morgan fingerprint density at radius 1 is 0.909 bits per heavy atom. The minimum Gasteiger partial charge on any atom is -0.507 e. The van der Waals surface area contributed by atoms with Gasteiger partial charge in [0, 0.05) is 40.4 Å². The van der Waals surface area contributed by atoms with Crippen molar-refractivity contribution in [3.05, 3.63) is 118 Å². The number of allylic oxidation sites excluding steroid dienone is 2. The Hall–Kier alpha value is -3.92. The fourth-order valence-corrected chi connectivity index (χ4v) is 4.90. The number of carbonyl (C=O) groups excluding carboxylic acids is 1. The summed E-state index contributed by atoms with van der Waals surface area (Å²) in [6.07, 6.45) is 1.97. The molecule has 0 saturated carbocycles. The van der Waals surface area contributed by atoms with Crippen LogP contribution in [0.5, 0.6) is 0 Å². The summed E-state index contributed by atoms with van der Waals surface area (Å²) < 4.78 is 0. The number of aliphatic hydroxyl groups is 1. The van der Waals surface area contributed by atoms with Crippen molar-refractivity contribution in [3.8, 4) is 0 Å². The van der Waals surface area contributed by atoms with E-state index < -0.39 is 5.92 Å². The van der Waals surface area contributed by atoms with Gasteiger partial charge in [-0.3, -0.25) is 15.1 Å². The zero-order valence-electron chi connectivity index (χ0n) is 18.6. The Morgan fingerprint density at radius 3 is 2.21 bits per heavy atom. The number of ketones is 1. The lowest BCUT2D eigenvalue weighted by Gasteiger charge is -2.41. The van der Waals surface area contributed by atoms with Gasteiger partial charge >= 0.3 is 0 Å². The number of anilines is 1. The van der Waals surface area contributed by atoms with E-state index in [9.17, 15) is 15.3 Å². The summed E-state index contributed by atoms with van der Waals surface area (Å²) in [5.41, 5.74) is 5.53. The zero-order chi connectivity index (χ0) is 22.9. The molecule has 1 atom stereocenters. The number of hydrogen-bond acceptors (Lipinski definition) is 3. The van der Waals surface area contributed by atoms with Crippen molar-refractivity contribution in [1.29, 1.82) is 5.41 Å². The maximum atomic E-state index is 13.4. The van der Waals surface area contributed by atoms with Crippen molar-refractivity contribution in [2.24, 2.45) is 0 Å². The smallest absolute Gasteiger partial charge is 0.161 e. The molecule has 0 radical (unpaired) electrons. The lowest BCUT2D eigenvalue weighted by molar-refractivity contribution is -0.116. The lowest BCUT2D eigenvalue weighted by Crippen LogP contribution is -2.42. The summed E-state index contributed by atoms with van der Waals surface area (Å²) in [4.78, 5) is 15.3. The third-order valence-corrected chi connectivity index (χ3v) is 6.48. The predicted octanol–water partition coefficient (Wildman–Crippen LogP) is 6.55. The molecule has 0 unspecified atom stereocenters. The number of benzene rings is 3. The third kappa shape index (κ3) is 3.68. The molecule has 0 saturated heterocycles. The number of rotatable bonds is 3. The number of Topliss-reactive ketones (excluding diaryl/α,β-unsaturated/α-hetero) is 1. The van der Waals surface area contributed by atoms with Crippen LogP contribution in [0, 0.1) is 12.3 Å². The summed E-state index contributed by atoms with van der Waals surface area (Å²) >= 11 is 0. The first-order chi connectivity index (χ1) is 16.1. The number of aryl methyl sites for hydroxylation is 1. The Kier molecular flexibility index (Phi) is 5.43. The molecule has 5 rings (SSSR count). The predicted molar refractivity (Wildman–Crippen MR) is 132 cm³/mol. The van der Waals surface area contributed by atoms with E-state index in [-0.39, 0.29) is 17.4 Å². The Bertz CT molecular complexity index is 1270. The Balaban J connectivity index is 1.83. The van der Waals surface area contributed by atoms with Crippen LogP contribution in [0.1, 0.15) is 41.9 Å². The molecule has 3 aromatic carbocycles. The van der Waals surface area contributed by atoms with E-state index in [2.05, 4.69) is 0 Å². The van der Waals surface area contributed by atoms with Gasteiger partial charge in [-0.25, -0.2) is 0 Å². The molecule has 164 valence electrons. The third-order valence-electron chi connectivity index (χ3n) is 6.48. The van der Waals surface area contributed by atoms with Gasteiger partial charge in [-0.2, -0.15) is 0 Å². The van der Waals surface area contributed by atoms with Crippen LogP contribution in [0.2, 0.25) is 0 Å². The molecule has 0 fully saturated rings. The van der Waals surface area contributed by atoms with Crippen molar-refractivity contribution in [2.45, 2.75) is 32.1 Å². The highest BCUT2D eigenvalue weighted by molar-refractivity contribution is 6.19. The average molecular weight is 435 g/mol. The summed E-state index contributed by atoms with van der Waals surface area (Å²) in [7, 11) is 0. The van der Waals surface area contributed by atoms with Gasteiger partial charge in [0.05, 0.1) is 0 Å². The average Bonchev–Trinajstić information content (AvgIpc) is 2.85. The van der Waals surface area contributed by atoms with Gasteiger partial charge < -0.3 is 5.11 Å². The molecule has 33 heavy (non-hydrogen) atoms. The summed E-state index contributed by atoms with van der Waals surface area (Å²) in [6, 6.07) is 27.0. The monoisotopic (exact) mass is 434 g/mol. The largest absolute Gasteiger partial charge is 0.507 e. The van der Waals surface area contributed by atoms with Gasteiger partial charge in [0.15, 0.2) is 5.78 Å². The second-order valence-corrected chi connectivity index (χ2v) is 8.63. The molecule has 1 aliphatic carbocycles. The zero-order valence-corrected chi connectivity index (χ0v) is 18.6. The van der Waals surface area contributed by atoms with Gasteiger partial charge in [-0.1, -0.05) is 78.4 Å². The summed E-state index contributed by atoms with van der Waals surface area (Å²) in [6.45, 7) is 2.03. The van der Waals surface area contributed by atoms with Crippen LogP contribution in [0.4, 0.5) is 5.69 Å². The maximum Gasteiger partial charge on any atom is 0.161 e. The van der Waals surface area contributed by atoms with Crippen LogP contribution in [0.15, 0.2) is 102 Å². The standard InChI is InChI=1S/C29H26N2O2/c1-19-15-17-20(18-16-19)25-26-23(13-8-14-24(26)32)31(22-11-6-3-7-12-22)29(30)27(25)28(33)21-9-4-2-5-10-21/h2-7,9-12,15-18,25,30,33H,8,13-14H2,1H3/b28-27+,30-29?/t25-/m0/s1. The molecule has 3 aromatic rings. The first-order valence-electron chi connectivity index (χ1n) is 11.3. The Morgan fingerprint density at radius 2 is 1.55 bits per heavy atom. The number of hydrogen-bond donors (Lipinski definition) is 2. The molecular formula is C29H26N2O2. The summed E-state index contributed by atoms with van der Waals surface area (Å²) in [5.74, 6) is -0.145. The molecule has 0 amide bonds. The highest BCUT2D eigenvalue weighted by Gasteiger charge is 2.43. The van der Waals surface area contributed by atoms with Gasteiger partial charge in [-0.15, -0.1) is 0 Å². The molecule has 1 heterocycles. The van der Waals surface area contributed by atoms with Crippen LogP contribution in [-0.2, 0) is 4.79 Å². The SMILES string of the molecule is Cc1ccc([C@H]2C3=C(CCCC3=O)N(c3ccccc3)C(=N)/C2=C(/O)c2ccccc2)cc1. The van der Waals surface area contributed by atoms with Crippen LogP contribution >= 0.6 is 0 Å². The molecule has 0 spiro atoms. The molecule has 2 N–H and O–H groups in total. The second kappa shape index (κ2) is 8.55. The van der Waals surface area contributed by atoms with Crippen LogP contribution in [0.3, 0.4) is 0 Å². The highest BCUT2D eigenvalue weighted by Crippen LogP contribution is 2.47. The summed E-state index contributed by atoms with van der Waals surface area (Å²) in [5, 5.41) is 20.8. The molecular weight excluding hydrogens is 408 g/mol. The number of amidine groups is 1. The molecule has 4 heteroatoms. The van der Waals surface area contributed by atoms with Crippen molar-refractivity contribution < 1.29 is 9.90 Å². The highest BCUT2D eigenvalue weighted by atomic mass is 16.3. The second-order valence-electron chi connectivity index (χ2n) is 8.63. The molecule has 1 aliphatic heterocycles. The fourth-order valence-electron chi connectivity index (χ4n) is 4.90. The number of nitrogens with zero attached hydrogens (tertiary/aromatic N) is 1. The van der Waals surface area contributed by atoms with Gasteiger partial charge in [0.1, 0.15) is 11.6 Å². The maximum absolute atomic E-state index is 13.4. The van der Waals surface area contributed by atoms with Crippen molar-refractivity contribution in [3.63, 3.8) is 0 Å². The number of nitrogens with one attached hydrogen (secondary N) is 1. The van der Waals surface area contributed by atoms with Crippen molar-refractivity contribution in [2.75, 3.05) is 4.90 Å². The Labute approximate surface area is 194 Å². The first kappa shape index (κ1) is 21.0. The minimum absolute atomic E-state index is 0.0389. The fraction of sp³-hybridized carbons (Fsp3) is 0.172. The van der Waals surface area contributed by atoms with E-state index in [0.717, 1.165) is 35.4 Å². The van der Waals surface area contributed by atoms with Crippen LogP contribution < -0.4 is 4.90 Å². The molecule has 0 aromatic heterocycles. The van der Waals surface area contributed by atoms with E-state index in [1.807, 2.05) is 96.8 Å². The minimum atomic E-state index is -0.485. The van der Waals surface area contributed by atoms with Gasteiger partial charge in [0.2, 0.25) is 0 Å². The van der Waals surface area contributed by atoms with Crippen LogP contribution in [-0.4, -0.2) is 16.7 Å². The van der Waals surface area contributed by atoms with E-state index >= 15 is 0 Å². The topological polar surface area (TPSA) is 64.4 Å². The quantitative estimate of drug-likeness (QED) is 0.459. The van der Waals surface area contributed by atoms with Gasteiger partial charge in [0.25, 0.3) is 0 Å². The van der Waals surface area contributed by atoms with Crippen molar-refractivity contribution >= 4 is 23.1 Å². The first-order valence-corrected chi connectivity index (χ1v) is 11.3. The van der Waals surface area contributed by atoms with E-state index in [1.54, 1.807) is 0 Å². The lowest BCUT2D eigenvalue weighted by atomic mass is 9.73. The number of para-hydroxylation sites is 1. The van der Waals surface area contributed by atoms with Crippen molar-refractivity contribution in [1.82, 2.24) is 0 Å². The van der Waals surface area contributed by atoms with E-state index in [4.69, 9.17) is 0 Å². The number of aliphatic hydroxyl groups excluding tert-OH is 1. The van der Waals surface area contributed by atoms with Gasteiger partial charge in [-0.05, 0) is 37.5 Å². The van der Waals surface area contributed by atoms with E-state index in [1.165, 1.54) is 0 Å². The van der Waals surface area contributed by atoms with Crippen LogP contribution in [0.25, 0.3) is 5.76 Å². The molecule has 4 nitrogen and oxygen atoms in total. The molecule has 2 aliphatic rings.